The van der Waals surface area contributed by atoms with E-state index in [1.54, 1.807) is 13.8 Å². The van der Waals surface area contributed by atoms with Crippen LogP contribution in [0.5, 0.6) is 5.75 Å². The molecule has 0 bridgehead atoms. The predicted molar refractivity (Wildman–Crippen MR) is 84.3 cm³/mol. The minimum absolute atomic E-state index is 0.267. The summed E-state index contributed by atoms with van der Waals surface area (Å²) in [5, 5.41) is 3.86. The summed E-state index contributed by atoms with van der Waals surface area (Å²) in [5.41, 5.74) is 1.83. The zero-order chi connectivity index (χ0) is 15.6. The highest BCUT2D eigenvalue weighted by atomic mass is 35.5. The summed E-state index contributed by atoms with van der Waals surface area (Å²) in [6.07, 6.45) is -0.644. The standard InChI is InChI=1S/C14H16ClN3O2S/c1-7-5-11(6-8(2)12(7)15)20-9(3)13(19)17-14-16-10(4)18-21-14/h5-6,9H,1-4H3,(H,16,17,18,19). The maximum Gasteiger partial charge on any atom is 0.266 e. The van der Waals surface area contributed by atoms with Crippen molar-refractivity contribution in [3.05, 3.63) is 34.1 Å². The van der Waals surface area contributed by atoms with Crippen LogP contribution >= 0.6 is 23.1 Å². The van der Waals surface area contributed by atoms with E-state index in [2.05, 4.69) is 14.7 Å². The van der Waals surface area contributed by atoms with Gasteiger partial charge in [-0.05, 0) is 51.0 Å². The summed E-state index contributed by atoms with van der Waals surface area (Å²) in [4.78, 5) is 16.1. The monoisotopic (exact) mass is 325 g/mol. The number of carbonyl (C=O) groups is 1. The highest BCUT2D eigenvalue weighted by Crippen LogP contribution is 2.26. The van der Waals surface area contributed by atoms with E-state index in [9.17, 15) is 4.79 Å². The third-order valence-electron chi connectivity index (χ3n) is 2.85. The number of nitrogens with zero attached hydrogens (tertiary/aromatic N) is 2. The number of aryl methyl sites for hydroxylation is 3. The molecule has 0 radical (unpaired) electrons. The second-order valence-corrected chi connectivity index (χ2v) is 5.90. The molecule has 0 saturated carbocycles. The minimum atomic E-state index is -0.644. The van der Waals surface area contributed by atoms with Crippen LogP contribution in [0.25, 0.3) is 0 Å². The quantitative estimate of drug-likeness (QED) is 0.934. The molecule has 0 aliphatic heterocycles. The van der Waals surface area contributed by atoms with Crippen LogP contribution in [0.1, 0.15) is 23.9 Å². The average Bonchev–Trinajstić information content (AvgIpc) is 2.81. The lowest BCUT2D eigenvalue weighted by molar-refractivity contribution is -0.122. The molecule has 2 rings (SSSR count). The Balaban J connectivity index is 2.03. The molecule has 1 heterocycles. The van der Waals surface area contributed by atoms with Crippen molar-refractivity contribution in [1.82, 2.24) is 9.36 Å². The SMILES string of the molecule is Cc1nsc(NC(=O)C(C)Oc2cc(C)c(Cl)c(C)c2)n1. The van der Waals surface area contributed by atoms with E-state index in [-0.39, 0.29) is 5.91 Å². The Bertz CT molecular complexity index is 649. The second kappa shape index (κ2) is 6.41. The van der Waals surface area contributed by atoms with E-state index in [0.717, 1.165) is 22.7 Å². The number of hydrogen-bond donors (Lipinski definition) is 1. The molecule has 0 fully saturated rings. The van der Waals surface area contributed by atoms with Crippen LogP contribution in [0.4, 0.5) is 5.13 Å². The highest BCUT2D eigenvalue weighted by molar-refractivity contribution is 7.09. The van der Waals surface area contributed by atoms with Gasteiger partial charge in [0, 0.05) is 16.6 Å². The zero-order valence-electron chi connectivity index (χ0n) is 12.2. The van der Waals surface area contributed by atoms with Crippen molar-refractivity contribution in [2.75, 3.05) is 5.32 Å². The molecule has 7 heteroatoms. The van der Waals surface area contributed by atoms with Gasteiger partial charge in [0.2, 0.25) is 5.13 Å². The molecule has 1 amide bonds. The van der Waals surface area contributed by atoms with Crippen molar-refractivity contribution >= 4 is 34.2 Å². The average molecular weight is 326 g/mol. The van der Waals surface area contributed by atoms with Crippen molar-refractivity contribution in [3.63, 3.8) is 0 Å². The lowest BCUT2D eigenvalue weighted by atomic mass is 10.1. The molecule has 0 aliphatic carbocycles. The van der Waals surface area contributed by atoms with E-state index in [1.807, 2.05) is 26.0 Å². The maximum absolute atomic E-state index is 12.0. The van der Waals surface area contributed by atoms with Crippen LogP contribution in [-0.4, -0.2) is 21.4 Å². The van der Waals surface area contributed by atoms with Crippen molar-refractivity contribution in [1.29, 1.82) is 0 Å². The van der Waals surface area contributed by atoms with Gasteiger partial charge in [0.05, 0.1) is 0 Å². The summed E-state index contributed by atoms with van der Waals surface area (Å²) in [5.74, 6) is 0.981. The summed E-state index contributed by atoms with van der Waals surface area (Å²) in [6, 6.07) is 3.63. The number of nitrogens with one attached hydrogen (secondary N) is 1. The van der Waals surface area contributed by atoms with Gasteiger partial charge in [-0.25, -0.2) is 4.98 Å². The van der Waals surface area contributed by atoms with Crippen LogP contribution in [0.3, 0.4) is 0 Å². The van der Waals surface area contributed by atoms with Gasteiger partial charge in [0.15, 0.2) is 6.10 Å². The fourth-order valence-corrected chi connectivity index (χ4v) is 2.47. The number of rotatable bonds is 4. The molecular weight excluding hydrogens is 310 g/mol. The lowest BCUT2D eigenvalue weighted by Gasteiger charge is -2.15. The number of anilines is 1. The Morgan fingerprint density at radius 1 is 1.33 bits per heavy atom. The number of carbonyl (C=O) groups excluding carboxylic acids is 1. The Labute approximate surface area is 132 Å². The molecule has 2 aromatic rings. The summed E-state index contributed by atoms with van der Waals surface area (Å²) >= 11 is 7.25. The Morgan fingerprint density at radius 2 is 1.95 bits per heavy atom. The summed E-state index contributed by atoms with van der Waals surface area (Å²) in [7, 11) is 0. The van der Waals surface area contributed by atoms with Crippen LogP contribution in [0.15, 0.2) is 12.1 Å². The Morgan fingerprint density at radius 3 is 2.48 bits per heavy atom. The third kappa shape index (κ3) is 3.92. The number of aromatic nitrogens is 2. The molecule has 1 N–H and O–H groups in total. The maximum atomic E-state index is 12.0. The second-order valence-electron chi connectivity index (χ2n) is 4.77. The predicted octanol–water partition coefficient (Wildman–Crippen LogP) is 3.52. The smallest absolute Gasteiger partial charge is 0.266 e. The van der Waals surface area contributed by atoms with E-state index >= 15 is 0 Å². The molecular formula is C14H16ClN3O2S. The van der Waals surface area contributed by atoms with Gasteiger partial charge in [0.25, 0.3) is 5.91 Å². The van der Waals surface area contributed by atoms with Crippen molar-refractivity contribution in [3.8, 4) is 5.75 Å². The normalized spacial score (nSPS) is 12.0. The molecule has 21 heavy (non-hydrogen) atoms. The van der Waals surface area contributed by atoms with Gasteiger partial charge in [-0.2, -0.15) is 4.37 Å². The van der Waals surface area contributed by atoms with E-state index < -0.39 is 6.10 Å². The Kier molecular flexibility index (Phi) is 4.80. The van der Waals surface area contributed by atoms with Crippen LogP contribution in [0, 0.1) is 20.8 Å². The number of ether oxygens (including phenoxy) is 1. The molecule has 1 unspecified atom stereocenters. The van der Waals surface area contributed by atoms with Gasteiger partial charge in [-0.3, -0.25) is 10.1 Å². The number of amides is 1. The first-order chi connectivity index (χ1) is 9.86. The number of halogens is 1. The van der Waals surface area contributed by atoms with Crippen molar-refractivity contribution < 1.29 is 9.53 Å². The molecule has 112 valence electrons. The van der Waals surface area contributed by atoms with Gasteiger partial charge in [-0.15, -0.1) is 0 Å². The van der Waals surface area contributed by atoms with E-state index in [0.29, 0.717) is 21.7 Å². The minimum Gasteiger partial charge on any atom is -0.481 e. The molecule has 5 nitrogen and oxygen atoms in total. The van der Waals surface area contributed by atoms with Crippen molar-refractivity contribution in [2.45, 2.75) is 33.8 Å². The first-order valence-corrected chi connectivity index (χ1v) is 7.56. The molecule has 0 spiro atoms. The fourth-order valence-electron chi connectivity index (χ4n) is 1.79. The topological polar surface area (TPSA) is 64.1 Å². The Hall–Kier alpha value is -1.66. The van der Waals surface area contributed by atoms with Gasteiger partial charge in [-0.1, -0.05) is 11.6 Å². The first kappa shape index (κ1) is 15.7. The van der Waals surface area contributed by atoms with Gasteiger partial charge in [0.1, 0.15) is 11.6 Å². The van der Waals surface area contributed by atoms with Crippen molar-refractivity contribution in [2.24, 2.45) is 0 Å². The van der Waals surface area contributed by atoms with E-state index in [1.165, 1.54) is 0 Å². The largest absolute Gasteiger partial charge is 0.481 e. The van der Waals surface area contributed by atoms with Gasteiger partial charge < -0.3 is 4.74 Å². The van der Waals surface area contributed by atoms with Crippen LogP contribution in [-0.2, 0) is 4.79 Å². The van der Waals surface area contributed by atoms with Gasteiger partial charge >= 0.3 is 0 Å². The van der Waals surface area contributed by atoms with Crippen LogP contribution in [0.2, 0.25) is 5.02 Å². The molecule has 0 saturated heterocycles. The lowest BCUT2D eigenvalue weighted by Crippen LogP contribution is -2.30. The van der Waals surface area contributed by atoms with E-state index in [4.69, 9.17) is 16.3 Å². The zero-order valence-corrected chi connectivity index (χ0v) is 13.8. The summed E-state index contributed by atoms with van der Waals surface area (Å²) in [6.45, 7) is 7.25. The first-order valence-electron chi connectivity index (χ1n) is 6.41. The molecule has 1 aromatic carbocycles. The molecule has 1 atom stereocenters. The number of benzene rings is 1. The number of hydrogen-bond acceptors (Lipinski definition) is 5. The fraction of sp³-hybridized carbons (Fsp3) is 0.357. The molecule has 1 aromatic heterocycles. The molecule has 0 aliphatic rings. The van der Waals surface area contributed by atoms with Crippen LogP contribution < -0.4 is 10.1 Å². The third-order valence-corrected chi connectivity index (χ3v) is 4.17. The highest BCUT2D eigenvalue weighted by Gasteiger charge is 2.17. The summed E-state index contributed by atoms with van der Waals surface area (Å²) < 4.78 is 9.66.